The summed E-state index contributed by atoms with van der Waals surface area (Å²) >= 11 is 0. The van der Waals surface area contributed by atoms with Crippen molar-refractivity contribution in [3.8, 4) is 33.6 Å². The molecule has 0 saturated carbocycles. The van der Waals surface area contributed by atoms with Gasteiger partial charge in [-0.2, -0.15) is 0 Å². The van der Waals surface area contributed by atoms with Gasteiger partial charge >= 0.3 is 0 Å². The van der Waals surface area contributed by atoms with Crippen molar-refractivity contribution in [1.29, 1.82) is 0 Å². The van der Waals surface area contributed by atoms with E-state index in [2.05, 4.69) is 182 Å². The van der Waals surface area contributed by atoms with Gasteiger partial charge in [0.2, 0.25) is 0 Å². The van der Waals surface area contributed by atoms with E-state index in [4.69, 9.17) is 0 Å². The number of nitrogens with zero attached hydrogens (tertiary/aromatic N) is 2. The summed E-state index contributed by atoms with van der Waals surface area (Å²) in [4.78, 5) is 0. The number of rotatable bonds is 4. The summed E-state index contributed by atoms with van der Waals surface area (Å²) < 4.78 is 5.03. The van der Waals surface area contributed by atoms with E-state index in [1.807, 2.05) is 0 Å². The molecule has 2 aliphatic rings. The number of fused-ring (bicyclic) bond motifs is 9. The van der Waals surface area contributed by atoms with Crippen molar-refractivity contribution in [2.75, 3.05) is 0 Å². The Morgan fingerprint density at radius 1 is 0.393 bits per heavy atom. The Bertz CT molecular complexity index is 3100. The fraction of sp³-hybridized carbons (Fsp3) is 0.148. The molecule has 56 heavy (non-hydrogen) atoms. The van der Waals surface area contributed by atoms with Crippen LogP contribution >= 0.6 is 0 Å². The molecule has 270 valence electrons. The predicted molar refractivity (Wildman–Crippen MR) is 237 cm³/mol. The van der Waals surface area contributed by atoms with E-state index in [9.17, 15) is 0 Å². The van der Waals surface area contributed by atoms with E-state index in [0.717, 1.165) is 25.7 Å². The molecule has 9 aromatic rings. The normalized spacial score (nSPS) is 13.5. The third-order valence-electron chi connectivity index (χ3n) is 13.0. The molecule has 2 heterocycles. The molecule has 7 aromatic carbocycles. The number of aryl methyl sites for hydroxylation is 6. The maximum atomic E-state index is 2.56. The second-order valence-electron chi connectivity index (χ2n) is 16.3. The van der Waals surface area contributed by atoms with Gasteiger partial charge in [-0.1, -0.05) is 78.9 Å². The molecule has 11 rings (SSSR count). The van der Waals surface area contributed by atoms with Gasteiger partial charge in [-0.3, -0.25) is 0 Å². The molecule has 2 nitrogen and oxygen atoms in total. The summed E-state index contributed by atoms with van der Waals surface area (Å²) in [6.45, 7) is 8.84. The lowest BCUT2D eigenvalue weighted by Crippen LogP contribution is -2.06. The van der Waals surface area contributed by atoms with Gasteiger partial charge in [0.15, 0.2) is 0 Å². The van der Waals surface area contributed by atoms with Gasteiger partial charge in [-0.25, -0.2) is 0 Å². The van der Waals surface area contributed by atoms with Crippen molar-refractivity contribution in [1.82, 2.24) is 9.13 Å². The molecule has 0 aliphatic heterocycles. The molecule has 0 bridgehead atoms. The summed E-state index contributed by atoms with van der Waals surface area (Å²) in [5, 5.41) is 4.00. The average molecular weight is 721 g/mol. The molecular formula is C54H44N2. The van der Waals surface area contributed by atoms with E-state index in [1.54, 1.807) is 0 Å². The van der Waals surface area contributed by atoms with Crippen molar-refractivity contribution < 1.29 is 0 Å². The summed E-state index contributed by atoms with van der Waals surface area (Å²) in [5.41, 5.74) is 25.3. The van der Waals surface area contributed by atoms with Crippen molar-refractivity contribution >= 4 is 44.4 Å². The average Bonchev–Trinajstić information content (AvgIpc) is 3.72. The quantitative estimate of drug-likeness (QED) is 0.171. The Balaban J connectivity index is 1.14. The van der Waals surface area contributed by atoms with Crippen molar-refractivity contribution in [3.05, 3.63) is 190 Å². The van der Waals surface area contributed by atoms with Gasteiger partial charge in [0, 0.05) is 38.8 Å². The fourth-order valence-corrected chi connectivity index (χ4v) is 9.65. The zero-order valence-electron chi connectivity index (χ0n) is 32.6. The highest BCUT2D eigenvalue weighted by Crippen LogP contribution is 2.46. The van der Waals surface area contributed by atoms with Crippen LogP contribution in [0.15, 0.2) is 140 Å². The van der Waals surface area contributed by atoms with Gasteiger partial charge in [0.1, 0.15) is 0 Å². The number of benzene rings is 7. The minimum Gasteiger partial charge on any atom is -0.313 e. The predicted octanol–water partition coefficient (Wildman–Crippen LogP) is 13.9. The molecule has 0 unspecified atom stereocenters. The SMILES string of the molecule is Cc1ccc(C2=Cc3c(n(-c4ccccc4)c4cc5c(cc34)CCc3cc4c6cc(-c7ccc(C)c(C)c7)ccc6n(-c6ccccc6)c4cc3-5)CC2)cc1C. The number of para-hydroxylation sites is 2. The summed E-state index contributed by atoms with van der Waals surface area (Å²) in [5.74, 6) is 0. The number of hydrogen-bond donors (Lipinski definition) is 0. The Kier molecular flexibility index (Phi) is 7.41. The van der Waals surface area contributed by atoms with Gasteiger partial charge in [0.05, 0.1) is 16.6 Å². The fourth-order valence-electron chi connectivity index (χ4n) is 9.65. The zero-order chi connectivity index (χ0) is 37.7. The van der Waals surface area contributed by atoms with Crippen LogP contribution < -0.4 is 0 Å². The van der Waals surface area contributed by atoms with E-state index in [1.165, 1.54) is 122 Å². The van der Waals surface area contributed by atoms with Crippen LogP contribution in [0.1, 0.15) is 56.6 Å². The van der Waals surface area contributed by atoms with Crippen molar-refractivity contribution in [2.24, 2.45) is 0 Å². The smallest absolute Gasteiger partial charge is 0.0547 e. The lowest BCUT2D eigenvalue weighted by atomic mass is 9.83. The minimum atomic E-state index is 1.01. The van der Waals surface area contributed by atoms with E-state index < -0.39 is 0 Å². The van der Waals surface area contributed by atoms with Crippen LogP contribution in [0, 0.1) is 27.7 Å². The van der Waals surface area contributed by atoms with Gasteiger partial charge in [0.25, 0.3) is 0 Å². The highest BCUT2D eigenvalue weighted by Gasteiger charge is 2.27. The molecule has 0 N–H and O–H groups in total. The summed E-state index contributed by atoms with van der Waals surface area (Å²) in [6.07, 6.45) is 6.62. The number of allylic oxidation sites excluding steroid dienone is 1. The Labute approximate surface area is 329 Å². The molecule has 0 spiro atoms. The minimum absolute atomic E-state index is 1.01. The van der Waals surface area contributed by atoms with Crippen LogP contribution in [0.4, 0.5) is 0 Å². The monoisotopic (exact) mass is 720 g/mol. The molecule has 2 heteroatoms. The van der Waals surface area contributed by atoms with Gasteiger partial charge in [-0.15, -0.1) is 0 Å². The molecule has 0 saturated heterocycles. The molecule has 2 aromatic heterocycles. The van der Waals surface area contributed by atoms with E-state index in [0.29, 0.717) is 0 Å². The lowest BCUT2D eigenvalue weighted by molar-refractivity contribution is 0.897. The van der Waals surface area contributed by atoms with Crippen molar-refractivity contribution in [3.63, 3.8) is 0 Å². The topological polar surface area (TPSA) is 9.86 Å². The second-order valence-corrected chi connectivity index (χ2v) is 16.3. The Hall–Kier alpha value is -6.38. The largest absolute Gasteiger partial charge is 0.313 e. The third-order valence-corrected chi connectivity index (χ3v) is 13.0. The zero-order valence-corrected chi connectivity index (χ0v) is 32.6. The van der Waals surface area contributed by atoms with E-state index >= 15 is 0 Å². The Morgan fingerprint density at radius 2 is 0.929 bits per heavy atom. The molecule has 0 radical (unpaired) electrons. The van der Waals surface area contributed by atoms with Crippen LogP contribution in [-0.4, -0.2) is 9.13 Å². The standard InChI is InChI=1S/C54H44N2/c1-33-15-17-37(25-35(33)3)39-21-23-51-47(27-39)49-29-41-19-20-42-30-50-48-28-40(38-18-16-34(2)36(4)26-38)22-24-52(48)56(44-13-9-6-10-14-44)54(50)32-46(42)45(41)31-53(49)55(51)43-11-7-5-8-12-43/h5-18,21,23,25-32H,19-20,22,24H2,1-4H3. The summed E-state index contributed by atoms with van der Waals surface area (Å²) in [6, 6.07) is 52.9. The van der Waals surface area contributed by atoms with Crippen LogP contribution in [0.25, 0.3) is 78.0 Å². The second kappa shape index (κ2) is 12.6. The van der Waals surface area contributed by atoms with Crippen molar-refractivity contribution in [2.45, 2.75) is 53.4 Å². The third kappa shape index (κ3) is 5.09. The molecule has 0 amide bonds. The first-order valence-corrected chi connectivity index (χ1v) is 20.2. The first-order valence-electron chi connectivity index (χ1n) is 20.2. The first kappa shape index (κ1) is 33.0. The van der Waals surface area contributed by atoms with Crippen LogP contribution in [0.2, 0.25) is 0 Å². The van der Waals surface area contributed by atoms with Gasteiger partial charge in [-0.05, 0) is 187 Å². The molecule has 0 atom stereocenters. The van der Waals surface area contributed by atoms with Gasteiger partial charge < -0.3 is 9.13 Å². The van der Waals surface area contributed by atoms with Crippen LogP contribution in [-0.2, 0) is 19.3 Å². The molecule has 0 fully saturated rings. The molecule has 2 aliphatic carbocycles. The molecular weight excluding hydrogens is 677 g/mol. The first-order chi connectivity index (χ1) is 27.4. The van der Waals surface area contributed by atoms with Crippen LogP contribution in [0.3, 0.4) is 0 Å². The highest BCUT2D eigenvalue weighted by atomic mass is 15.0. The number of hydrogen-bond acceptors (Lipinski definition) is 0. The van der Waals surface area contributed by atoms with E-state index in [-0.39, 0.29) is 0 Å². The maximum absolute atomic E-state index is 2.56. The lowest BCUT2D eigenvalue weighted by Gasteiger charge is -2.22. The Morgan fingerprint density at radius 3 is 1.59 bits per heavy atom. The van der Waals surface area contributed by atoms with Crippen LogP contribution in [0.5, 0.6) is 0 Å². The highest BCUT2D eigenvalue weighted by molar-refractivity contribution is 6.12. The maximum Gasteiger partial charge on any atom is 0.0547 e. The summed E-state index contributed by atoms with van der Waals surface area (Å²) in [7, 11) is 0. The number of aromatic nitrogens is 2.